The molecule has 2 aromatic heterocycles. The molecule has 0 saturated carbocycles. The van der Waals surface area contributed by atoms with Crippen molar-refractivity contribution in [1.29, 1.82) is 0 Å². The number of nitrogens with zero attached hydrogens (tertiary/aromatic N) is 4. The summed E-state index contributed by atoms with van der Waals surface area (Å²) in [5, 5.41) is 11.2. The van der Waals surface area contributed by atoms with Crippen molar-refractivity contribution in [2.24, 2.45) is 0 Å². The van der Waals surface area contributed by atoms with Crippen LogP contribution in [0.1, 0.15) is 0 Å². The Balaban J connectivity index is 1.63. The first kappa shape index (κ1) is 19.4. The van der Waals surface area contributed by atoms with E-state index in [1.807, 2.05) is 12.1 Å². The second kappa shape index (κ2) is 7.86. The number of aromatic amines is 1. The monoisotopic (exact) mass is 409 g/mol. The second-order valence-electron chi connectivity index (χ2n) is 6.72. The minimum Gasteiger partial charge on any atom is -0.497 e. The van der Waals surface area contributed by atoms with Gasteiger partial charge in [-0.15, -0.1) is 0 Å². The minimum atomic E-state index is -0.362. The maximum atomic E-state index is 14.3. The van der Waals surface area contributed by atoms with Crippen LogP contribution in [0.3, 0.4) is 0 Å². The molecule has 0 aliphatic carbocycles. The summed E-state index contributed by atoms with van der Waals surface area (Å²) in [6.45, 7) is 0. The normalized spacial score (nSPS) is 10.8. The van der Waals surface area contributed by atoms with Gasteiger partial charge in [0.2, 0.25) is 5.82 Å². The van der Waals surface area contributed by atoms with Crippen molar-refractivity contribution in [3.63, 3.8) is 0 Å². The minimum absolute atomic E-state index is 0.244. The van der Waals surface area contributed by atoms with E-state index in [1.165, 1.54) is 6.07 Å². The molecule has 0 radical (unpaired) electrons. The summed E-state index contributed by atoms with van der Waals surface area (Å²) in [4.78, 5) is 6.06. The summed E-state index contributed by atoms with van der Waals surface area (Å²) in [7, 11) is 6.72. The number of methoxy groups -OCH3 is 2. The van der Waals surface area contributed by atoms with E-state index in [0.29, 0.717) is 34.1 Å². The molecule has 154 valence electrons. The molecule has 0 unspecified atom stereocenters. The summed E-state index contributed by atoms with van der Waals surface area (Å²) >= 11 is 0. The molecular formula is C21H20FN5O3. The van der Waals surface area contributed by atoms with Crippen LogP contribution in [0.25, 0.3) is 34.2 Å². The van der Waals surface area contributed by atoms with Crippen LogP contribution >= 0.6 is 0 Å². The van der Waals surface area contributed by atoms with E-state index in [2.05, 4.69) is 20.3 Å². The Bertz CT molecular complexity index is 1190. The highest BCUT2D eigenvalue weighted by Crippen LogP contribution is 2.34. The van der Waals surface area contributed by atoms with Crippen molar-refractivity contribution in [3.05, 3.63) is 48.3 Å². The molecular weight excluding hydrogens is 389 g/mol. The van der Waals surface area contributed by atoms with Crippen LogP contribution in [0.4, 0.5) is 10.1 Å². The van der Waals surface area contributed by atoms with Gasteiger partial charge in [-0.3, -0.25) is 5.10 Å². The summed E-state index contributed by atoms with van der Waals surface area (Å²) < 4.78 is 30.3. The fraction of sp³-hybridized carbons (Fsp3) is 0.190. The first-order valence-electron chi connectivity index (χ1n) is 9.09. The maximum Gasteiger partial charge on any atom is 0.276 e. The molecule has 0 bridgehead atoms. The Morgan fingerprint density at radius 2 is 1.87 bits per heavy atom. The van der Waals surface area contributed by atoms with Gasteiger partial charge in [-0.2, -0.15) is 10.1 Å². The average Bonchev–Trinajstić information content (AvgIpc) is 3.42. The number of hydrogen-bond donors (Lipinski definition) is 1. The van der Waals surface area contributed by atoms with Gasteiger partial charge >= 0.3 is 0 Å². The Kier molecular flexibility index (Phi) is 5.09. The van der Waals surface area contributed by atoms with E-state index in [1.54, 1.807) is 57.5 Å². The van der Waals surface area contributed by atoms with E-state index in [0.717, 1.165) is 5.56 Å². The van der Waals surface area contributed by atoms with Crippen LogP contribution < -0.4 is 14.4 Å². The lowest BCUT2D eigenvalue weighted by Crippen LogP contribution is -2.10. The Morgan fingerprint density at radius 1 is 1.03 bits per heavy atom. The van der Waals surface area contributed by atoms with Crippen molar-refractivity contribution in [3.8, 4) is 45.7 Å². The van der Waals surface area contributed by atoms with Crippen molar-refractivity contribution in [2.75, 3.05) is 33.2 Å². The van der Waals surface area contributed by atoms with Gasteiger partial charge in [-0.05, 0) is 36.4 Å². The first-order valence-corrected chi connectivity index (χ1v) is 9.09. The number of halogens is 1. The SMILES string of the molecule is COc1ccc(-c2cc(-c3nc(-c4ccc(N(C)C)c(F)c4)no3)[nH]n2)c(OC)c1. The van der Waals surface area contributed by atoms with Crippen molar-refractivity contribution < 1.29 is 18.4 Å². The zero-order valence-electron chi connectivity index (χ0n) is 16.9. The van der Waals surface area contributed by atoms with Gasteiger partial charge in [0.25, 0.3) is 5.89 Å². The van der Waals surface area contributed by atoms with Crippen LogP contribution in [0.5, 0.6) is 11.5 Å². The Hall–Kier alpha value is -3.88. The Labute approximate surface area is 172 Å². The molecule has 2 aromatic carbocycles. The van der Waals surface area contributed by atoms with Gasteiger partial charge in [0.05, 0.1) is 25.6 Å². The third-order valence-electron chi connectivity index (χ3n) is 4.61. The van der Waals surface area contributed by atoms with Crippen molar-refractivity contribution >= 4 is 5.69 Å². The fourth-order valence-electron chi connectivity index (χ4n) is 3.04. The van der Waals surface area contributed by atoms with Crippen LogP contribution in [0.15, 0.2) is 47.0 Å². The first-order chi connectivity index (χ1) is 14.5. The molecule has 4 rings (SSSR count). The third kappa shape index (κ3) is 3.57. The predicted octanol–water partition coefficient (Wildman–Crippen LogP) is 4.02. The molecule has 30 heavy (non-hydrogen) atoms. The smallest absolute Gasteiger partial charge is 0.276 e. The van der Waals surface area contributed by atoms with Gasteiger partial charge in [-0.25, -0.2) is 4.39 Å². The zero-order chi connectivity index (χ0) is 21.3. The fourth-order valence-corrected chi connectivity index (χ4v) is 3.04. The third-order valence-corrected chi connectivity index (χ3v) is 4.61. The van der Waals surface area contributed by atoms with Crippen LogP contribution in [-0.2, 0) is 0 Å². The number of nitrogens with one attached hydrogen (secondary N) is 1. The second-order valence-corrected chi connectivity index (χ2v) is 6.72. The molecule has 2 heterocycles. The molecule has 0 saturated heterocycles. The van der Waals surface area contributed by atoms with Gasteiger partial charge in [0.15, 0.2) is 0 Å². The summed E-state index contributed by atoms with van der Waals surface area (Å²) in [6.07, 6.45) is 0. The van der Waals surface area contributed by atoms with E-state index < -0.39 is 0 Å². The molecule has 0 spiro atoms. The van der Waals surface area contributed by atoms with E-state index in [9.17, 15) is 4.39 Å². The number of benzene rings is 2. The van der Waals surface area contributed by atoms with E-state index in [-0.39, 0.29) is 17.5 Å². The topological polar surface area (TPSA) is 89.3 Å². The maximum absolute atomic E-state index is 14.3. The zero-order valence-corrected chi connectivity index (χ0v) is 16.9. The Morgan fingerprint density at radius 3 is 2.57 bits per heavy atom. The molecule has 0 amide bonds. The lowest BCUT2D eigenvalue weighted by atomic mass is 10.1. The molecule has 0 atom stereocenters. The number of rotatable bonds is 6. The molecule has 1 N–H and O–H groups in total. The van der Waals surface area contributed by atoms with Gasteiger partial charge in [0.1, 0.15) is 23.0 Å². The predicted molar refractivity (Wildman–Crippen MR) is 110 cm³/mol. The molecule has 4 aromatic rings. The largest absolute Gasteiger partial charge is 0.497 e. The van der Waals surface area contributed by atoms with Gasteiger partial charge < -0.3 is 18.9 Å². The highest BCUT2D eigenvalue weighted by atomic mass is 19.1. The van der Waals surface area contributed by atoms with Crippen LogP contribution in [0.2, 0.25) is 0 Å². The van der Waals surface area contributed by atoms with Gasteiger partial charge in [-0.1, -0.05) is 5.16 Å². The van der Waals surface area contributed by atoms with Crippen LogP contribution in [0, 0.1) is 5.82 Å². The van der Waals surface area contributed by atoms with Crippen molar-refractivity contribution in [2.45, 2.75) is 0 Å². The number of anilines is 1. The van der Waals surface area contributed by atoms with Crippen LogP contribution in [-0.4, -0.2) is 48.7 Å². The summed E-state index contributed by atoms with van der Waals surface area (Å²) in [6, 6.07) is 12.0. The number of ether oxygens (including phenoxy) is 2. The number of hydrogen-bond acceptors (Lipinski definition) is 7. The average molecular weight is 409 g/mol. The quantitative estimate of drug-likeness (QED) is 0.514. The molecule has 0 aliphatic rings. The lowest BCUT2D eigenvalue weighted by molar-refractivity contribution is 0.395. The molecule has 0 aliphatic heterocycles. The van der Waals surface area contributed by atoms with Crippen molar-refractivity contribution in [1.82, 2.24) is 20.3 Å². The highest BCUT2D eigenvalue weighted by Gasteiger charge is 2.17. The lowest BCUT2D eigenvalue weighted by Gasteiger charge is -2.13. The summed E-state index contributed by atoms with van der Waals surface area (Å²) in [5.74, 6) is 1.47. The standard InChI is InChI=1S/C21H20FN5O3/c1-27(2)18-8-5-12(9-15(18)22)20-23-21(30-26-20)17-11-16(24-25-17)14-7-6-13(28-3)10-19(14)29-4/h5-11H,1-4H3,(H,24,25). The molecule has 9 heteroatoms. The molecule has 8 nitrogen and oxygen atoms in total. The highest BCUT2D eigenvalue weighted by molar-refractivity contribution is 5.72. The van der Waals surface area contributed by atoms with Gasteiger partial charge in [0, 0.05) is 31.3 Å². The van der Waals surface area contributed by atoms with E-state index in [4.69, 9.17) is 14.0 Å². The number of H-pyrrole nitrogens is 1. The molecule has 0 fully saturated rings. The number of aromatic nitrogens is 4. The summed E-state index contributed by atoms with van der Waals surface area (Å²) in [5.41, 5.74) is 2.96. The van der Waals surface area contributed by atoms with E-state index >= 15 is 0 Å².